The Labute approximate surface area is 183 Å². The predicted molar refractivity (Wildman–Crippen MR) is 114 cm³/mol. The lowest BCUT2D eigenvalue weighted by Crippen LogP contribution is -2.65. The number of amides is 1. The highest BCUT2D eigenvalue weighted by Crippen LogP contribution is 2.24. The van der Waals surface area contributed by atoms with Crippen LogP contribution >= 0.6 is 0 Å². The number of nitrogens with one attached hydrogen (secondary N) is 4. The molecule has 5 rings (SSSR count). The third-order valence-electron chi connectivity index (χ3n) is 7.64. The third-order valence-corrected chi connectivity index (χ3v) is 7.64. The van der Waals surface area contributed by atoms with Crippen molar-refractivity contribution in [2.45, 2.75) is 49.5 Å². The van der Waals surface area contributed by atoms with Crippen molar-refractivity contribution in [3.8, 4) is 0 Å². The number of nitrogens with two attached hydrogens (primary N) is 1. The first-order valence-electron chi connectivity index (χ1n) is 11.8. The fourth-order valence-corrected chi connectivity index (χ4v) is 5.93. The topological polar surface area (TPSA) is 110 Å². The van der Waals surface area contributed by atoms with Crippen LogP contribution in [0.3, 0.4) is 0 Å². The fraction of sp³-hybridized carbons (Fsp3) is 0.950. The highest BCUT2D eigenvalue weighted by molar-refractivity contribution is 5.81. The average molecular weight is 441 g/mol. The number of carbonyl (C=O) groups excluding carboxylic acids is 1. The van der Waals surface area contributed by atoms with Crippen molar-refractivity contribution in [1.29, 1.82) is 0 Å². The Morgan fingerprint density at radius 1 is 1.13 bits per heavy atom. The van der Waals surface area contributed by atoms with Crippen LogP contribution in [0.4, 0.5) is 4.39 Å². The van der Waals surface area contributed by atoms with E-state index in [1.165, 1.54) is 0 Å². The van der Waals surface area contributed by atoms with Crippen LogP contribution in [0.15, 0.2) is 0 Å². The number of piperazine rings is 1. The maximum absolute atomic E-state index is 13.7. The summed E-state index contributed by atoms with van der Waals surface area (Å²) in [6, 6.07) is 0.932. The van der Waals surface area contributed by atoms with E-state index in [-0.39, 0.29) is 31.2 Å². The number of fused-ring (bicyclic) bond motifs is 1. The van der Waals surface area contributed by atoms with Crippen LogP contribution in [0, 0.1) is 5.92 Å². The minimum absolute atomic E-state index is 0.0429. The number of hydrogen-bond acceptors (Lipinski definition) is 9. The van der Waals surface area contributed by atoms with E-state index in [9.17, 15) is 9.18 Å². The number of halogens is 1. The molecule has 5 heterocycles. The second-order valence-corrected chi connectivity index (χ2v) is 9.55. The molecule has 31 heavy (non-hydrogen) atoms. The van der Waals surface area contributed by atoms with Gasteiger partial charge in [0, 0.05) is 64.5 Å². The summed E-state index contributed by atoms with van der Waals surface area (Å²) in [4.78, 5) is 18.4. The number of nitrogens with zero attached hydrogens (tertiary/aromatic N) is 3. The molecule has 0 saturated carbocycles. The van der Waals surface area contributed by atoms with E-state index in [0.29, 0.717) is 12.1 Å². The molecule has 0 aromatic rings. The van der Waals surface area contributed by atoms with Crippen LogP contribution < -0.4 is 27.1 Å². The summed E-state index contributed by atoms with van der Waals surface area (Å²) in [5, 5.41) is 11.6. The molecule has 11 heteroatoms. The summed E-state index contributed by atoms with van der Waals surface area (Å²) in [5.74, 6) is -0.507. The van der Waals surface area contributed by atoms with Gasteiger partial charge >= 0.3 is 0 Å². The van der Waals surface area contributed by atoms with E-state index in [2.05, 4.69) is 31.2 Å². The Morgan fingerprint density at radius 3 is 2.71 bits per heavy atom. The molecule has 0 aromatic heterocycles. The number of hydrogen-bond donors (Lipinski definition) is 5. The van der Waals surface area contributed by atoms with Gasteiger partial charge in [-0.2, -0.15) is 0 Å². The molecule has 6 unspecified atom stereocenters. The van der Waals surface area contributed by atoms with Crippen LogP contribution in [-0.4, -0.2) is 123 Å². The van der Waals surface area contributed by atoms with Crippen LogP contribution in [0.5, 0.6) is 0 Å². The summed E-state index contributed by atoms with van der Waals surface area (Å²) >= 11 is 0. The summed E-state index contributed by atoms with van der Waals surface area (Å²) in [5.41, 5.74) is 9.29. The Morgan fingerprint density at radius 2 is 1.94 bits per heavy atom. The summed E-state index contributed by atoms with van der Waals surface area (Å²) < 4.78 is 19.3. The highest BCUT2D eigenvalue weighted by atomic mass is 19.1. The smallest absolute Gasteiger partial charge is 0.229 e. The lowest BCUT2D eigenvalue weighted by Gasteiger charge is -2.45. The van der Waals surface area contributed by atoms with Crippen LogP contribution in [0.25, 0.3) is 0 Å². The molecule has 0 aliphatic carbocycles. The van der Waals surface area contributed by atoms with Crippen molar-refractivity contribution in [2.24, 2.45) is 11.7 Å². The minimum Gasteiger partial charge on any atom is -0.380 e. The van der Waals surface area contributed by atoms with Crippen molar-refractivity contribution >= 4 is 5.91 Å². The maximum atomic E-state index is 13.7. The standard InChI is InChI=1S/C20H37FN8O2/c21-13-9-24-19-17(18(22)26-29(19)11-13)20(30)25-15-10-23-3-1-16(15)28-6-4-27(5-7-28)14-2-8-31-12-14/h13-19,23-24,26H,1-12,22H2,(H,25,30)/t13?,14-,15?,16?,17?,18?,19?/m0/s1. The van der Waals surface area contributed by atoms with Gasteiger partial charge in [-0.05, 0) is 19.4 Å². The van der Waals surface area contributed by atoms with E-state index in [0.717, 1.165) is 65.3 Å². The number of ether oxygens (including phenoxy) is 1. The third kappa shape index (κ3) is 4.60. The van der Waals surface area contributed by atoms with Crippen molar-refractivity contribution in [3.63, 3.8) is 0 Å². The van der Waals surface area contributed by atoms with Gasteiger partial charge in [-0.15, -0.1) is 0 Å². The molecule has 5 saturated heterocycles. The molecule has 5 aliphatic heterocycles. The van der Waals surface area contributed by atoms with Gasteiger partial charge in [0.05, 0.1) is 30.9 Å². The van der Waals surface area contributed by atoms with Crippen molar-refractivity contribution < 1.29 is 13.9 Å². The van der Waals surface area contributed by atoms with E-state index >= 15 is 0 Å². The second kappa shape index (κ2) is 9.52. The lowest BCUT2D eigenvalue weighted by atomic mass is 9.95. The monoisotopic (exact) mass is 440 g/mol. The largest absolute Gasteiger partial charge is 0.380 e. The summed E-state index contributed by atoms with van der Waals surface area (Å²) in [6.45, 7) is 8.12. The first-order chi connectivity index (χ1) is 15.1. The SMILES string of the molecule is NC1NN2CC(F)CNC2C1C(=O)NC1CNCCC1N1CCN([C@H]2CCOC2)CC1. The first kappa shape index (κ1) is 21.9. The number of piperidine rings is 1. The zero-order chi connectivity index (χ0) is 21.4. The quantitative estimate of drug-likeness (QED) is 0.317. The Kier molecular flexibility index (Phi) is 6.72. The molecule has 0 bridgehead atoms. The zero-order valence-electron chi connectivity index (χ0n) is 18.1. The van der Waals surface area contributed by atoms with Gasteiger partial charge in [-0.1, -0.05) is 0 Å². The molecule has 5 fully saturated rings. The molecule has 1 amide bonds. The maximum Gasteiger partial charge on any atom is 0.229 e. The van der Waals surface area contributed by atoms with Crippen molar-refractivity contribution in [2.75, 3.05) is 65.6 Å². The molecule has 0 radical (unpaired) electrons. The molecular formula is C20H37FN8O2. The number of carbonyl (C=O) groups is 1. The zero-order valence-corrected chi connectivity index (χ0v) is 18.1. The number of rotatable bonds is 4. The van der Waals surface area contributed by atoms with E-state index < -0.39 is 18.3 Å². The molecule has 176 valence electrons. The minimum atomic E-state index is -0.959. The second-order valence-electron chi connectivity index (χ2n) is 9.55. The van der Waals surface area contributed by atoms with Gasteiger partial charge in [0.2, 0.25) is 5.91 Å². The predicted octanol–water partition coefficient (Wildman–Crippen LogP) is -2.77. The highest BCUT2D eigenvalue weighted by Gasteiger charge is 2.48. The molecule has 10 nitrogen and oxygen atoms in total. The van der Waals surface area contributed by atoms with Gasteiger partial charge in [-0.3, -0.25) is 19.9 Å². The number of hydrazine groups is 1. The Balaban J connectivity index is 1.18. The lowest BCUT2D eigenvalue weighted by molar-refractivity contribution is -0.128. The van der Waals surface area contributed by atoms with E-state index in [1.54, 1.807) is 5.01 Å². The van der Waals surface area contributed by atoms with Gasteiger partial charge in [0.1, 0.15) is 6.17 Å². The average Bonchev–Trinajstić information content (AvgIpc) is 3.41. The molecule has 0 aromatic carbocycles. The summed E-state index contributed by atoms with van der Waals surface area (Å²) in [6.07, 6.45) is 0.407. The molecule has 7 atom stereocenters. The van der Waals surface area contributed by atoms with Crippen molar-refractivity contribution in [3.05, 3.63) is 0 Å². The molecule has 0 spiro atoms. The first-order valence-corrected chi connectivity index (χ1v) is 11.8. The van der Waals surface area contributed by atoms with Gasteiger partial charge in [-0.25, -0.2) is 14.8 Å². The van der Waals surface area contributed by atoms with Gasteiger partial charge < -0.3 is 21.1 Å². The summed E-state index contributed by atoms with van der Waals surface area (Å²) in [7, 11) is 0. The van der Waals surface area contributed by atoms with Gasteiger partial charge in [0.25, 0.3) is 0 Å². The Bertz CT molecular complexity index is 630. The van der Waals surface area contributed by atoms with Crippen LogP contribution in [0.1, 0.15) is 12.8 Å². The fourth-order valence-electron chi connectivity index (χ4n) is 5.93. The normalized spacial score (nSPS) is 43.1. The molecular weight excluding hydrogens is 403 g/mol. The van der Waals surface area contributed by atoms with E-state index in [4.69, 9.17) is 10.5 Å². The van der Waals surface area contributed by atoms with E-state index in [1.807, 2.05) is 0 Å². The number of alkyl halides is 1. The molecule has 6 N–H and O–H groups in total. The van der Waals surface area contributed by atoms with Crippen LogP contribution in [-0.2, 0) is 9.53 Å². The Hall–Kier alpha value is -0.920. The molecule has 5 aliphatic rings. The van der Waals surface area contributed by atoms with Gasteiger partial charge in [0.15, 0.2) is 0 Å². The van der Waals surface area contributed by atoms with Crippen molar-refractivity contribution in [1.82, 2.24) is 36.2 Å². The van der Waals surface area contributed by atoms with Crippen LogP contribution in [0.2, 0.25) is 0 Å².